The summed E-state index contributed by atoms with van der Waals surface area (Å²) in [4.78, 5) is 4.26. The molecule has 2 N–H and O–H groups in total. The average Bonchev–Trinajstić information content (AvgIpc) is 2.98. The van der Waals surface area contributed by atoms with E-state index < -0.39 is 5.60 Å². The van der Waals surface area contributed by atoms with E-state index in [1.807, 2.05) is 6.92 Å². The normalized spacial score (nSPS) is 24.3. The Morgan fingerprint density at radius 2 is 2.11 bits per heavy atom. The van der Waals surface area contributed by atoms with Crippen LogP contribution < -0.4 is 5.73 Å². The fraction of sp³-hybridized carbons (Fsp3) is 0.600. The average molecular weight is 251 g/mol. The van der Waals surface area contributed by atoms with Gasteiger partial charge in [-0.1, -0.05) is 5.16 Å². The highest BCUT2D eigenvalue weighted by molar-refractivity contribution is 5.60. The molecule has 3 heterocycles. The molecule has 1 atom stereocenters. The third kappa shape index (κ3) is 1.74. The standard InChI is InChI=1S/C10H13N5O3/c1-10(4-2-3-5-16-10)9-12-8(17-15-9)6-7(11)14-18-13-6/h2-5H2,1H3,(H2,11,14). The molecule has 2 aromatic heterocycles. The number of hydrogen-bond acceptors (Lipinski definition) is 8. The number of aromatic nitrogens is 4. The number of nitrogens with zero attached hydrogens (tertiary/aromatic N) is 4. The lowest BCUT2D eigenvalue weighted by molar-refractivity contribution is -0.0770. The van der Waals surface area contributed by atoms with Crippen LogP contribution in [0.4, 0.5) is 5.82 Å². The van der Waals surface area contributed by atoms with Crippen molar-refractivity contribution in [1.82, 2.24) is 20.5 Å². The summed E-state index contributed by atoms with van der Waals surface area (Å²) < 4.78 is 15.4. The van der Waals surface area contributed by atoms with Crippen LogP contribution in [-0.4, -0.2) is 27.1 Å². The van der Waals surface area contributed by atoms with Crippen LogP contribution in [0.2, 0.25) is 0 Å². The molecule has 1 aliphatic heterocycles. The third-order valence-corrected chi connectivity index (χ3v) is 3.08. The van der Waals surface area contributed by atoms with E-state index in [1.54, 1.807) is 0 Å². The first-order valence-electron chi connectivity index (χ1n) is 5.75. The minimum atomic E-state index is -0.508. The summed E-state index contributed by atoms with van der Waals surface area (Å²) in [6.45, 7) is 2.65. The second-order valence-electron chi connectivity index (χ2n) is 4.46. The van der Waals surface area contributed by atoms with Gasteiger partial charge in [-0.3, -0.25) is 0 Å². The molecular formula is C10H13N5O3. The largest absolute Gasteiger partial charge is 0.379 e. The molecule has 18 heavy (non-hydrogen) atoms. The SMILES string of the molecule is CC1(c2noc(-c3nonc3N)n2)CCCCO1. The first-order valence-corrected chi connectivity index (χ1v) is 5.75. The summed E-state index contributed by atoms with van der Waals surface area (Å²) in [6.07, 6.45) is 2.99. The zero-order valence-electron chi connectivity index (χ0n) is 9.92. The van der Waals surface area contributed by atoms with Crippen molar-refractivity contribution in [1.29, 1.82) is 0 Å². The van der Waals surface area contributed by atoms with Crippen LogP contribution in [0.3, 0.4) is 0 Å². The van der Waals surface area contributed by atoms with Crippen molar-refractivity contribution in [2.24, 2.45) is 0 Å². The summed E-state index contributed by atoms with van der Waals surface area (Å²) in [5, 5.41) is 11.0. The maximum absolute atomic E-state index is 5.74. The maximum Gasteiger partial charge on any atom is 0.284 e. The molecule has 96 valence electrons. The molecule has 1 unspecified atom stereocenters. The van der Waals surface area contributed by atoms with Gasteiger partial charge in [-0.15, -0.1) is 0 Å². The quantitative estimate of drug-likeness (QED) is 0.844. The van der Waals surface area contributed by atoms with Gasteiger partial charge in [-0.05, 0) is 36.5 Å². The van der Waals surface area contributed by atoms with Gasteiger partial charge in [0.15, 0.2) is 0 Å². The van der Waals surface area contributed by atoms with Gasteiger partial charge in [0.2, 0.25) is 17.3 Å². The Labute approximate surface area is 102 Å². The van der Waals surface area contributed by atoms with Crippen LogP contribution in [-0.2, 0) is 10.3 Å². The number of anilines is 1. The number of rotatable bonds is 2. The molecule has 0 radical (unpaired) electrons. The lowest BCUT2D eigenvalue weighted by Gasteiger charge is -2.30. The van der Waals surface area contributed by atoms with Crippen molar-refractivity contribution < 1.29 is 13.9 Å². The van der Waals surface area contributed by atoms with Crippen molar-refractivity contribution in [2.75, 3.05) is 12.3 Å². The van der Waals surface area contributed by atoms with Crippen molar-refractivity contribution >= 4 is 5.82 Å². The molecule has 0 bridgehead atoms. The molecule has 0 aliphatic carbocycles. The lowest BCUT2D eigenvalue weighted by atomic mass is 9.95. The van der Waals surface area contributed by atoms with Crippen molar-refractivity contribution in [3.8, 4) is 11.6 Å². The Bertz CT molecular complexity index is 543. The highest BCUT2D eigenvalue weighted by Gasteiger charge is 2.35. The lowest BCUT2D eigenvalue weighted by Crippen LogP contribution is -2.31. The summed E-state index contributed by atoms with van der Waals surface area (Å²) in [7, 11) is 0. The predicted molar refractivity (Wildman–Crippen MR) is 59.2 cm³/mol. The molecular weight excluding hydrogens is 238 g/mol. The van der Waals surface area contributed by atoms with Gasteiger partial charge in [0.1, 0.15) is 5.60 Å². The predicted octanol–water partition coefficient (Wildman–Crippen LogP) is 1.12. The Morgan fingerprint density at radius 3 is 2.78 bits per heavy atom. The molecule has 3 rings (SSSR count). The van der Waals surface area contributed by atoms with E-state index in [9.17, 15) is 0 Å². The fourth-order valence-electron chi connectivity index (χ4n) is 1.99. The summed E-state index contributed by atoms with van der Waals surface area (Å²) in [6, 6.07) is 0. The zero-order chi connectivity index (χ0) is 12.6. The summed E-state index contributed by atoms with van der Waals surface area (Å²) >= 11 is 0. The molecule has 1 fully saturated rings. The number of nitrogens with two attached hydrogens (primary N) is 1. The van der Waals surface area contributed by atoms with Crippen LogP contribution in [0.1, 0.15) is 32.0 Å². The molecule has 2 aromatic rings. The molecule has 1 aliphatic rings. The van der Waals surface area contributed by atoms with E-state index in [4.69, 9.17) is 15.0 Å². The Morgan fingerprint density at radius 1 is 1.22 bits per heavy atom. The fourth-order valence-corrected chi connectivity index (χ4v) is 1.99. The number of nitrogen functional groups attached to an aromatic ring is 1. The first kappa shape index (κ1) is 11.1. The van der Waals surface area contributed by atoms with Gasteiger partial charge in [0.25, 0.3) is 5.89 Å². The monoisotopic (exact) mass is 251 g/mol. The van der Waals surface area contributed by atoms with Gasteiger partial charge in [0, 0.05) is 6.61 Å². The van der Waals surface area contributed by atoms with E-state index in [2.05, 4.69) is 25.1 Å². The highest BCUT2D eigenvalue weighted by atomic mass is 16.6. The van der Waals surface area contributed by atoms with Crippen molar-refractivity contribution in [3.63, 3.8) is 0 Å². The first-order chi connectivity index (χ1) is 8.69. The molecule has 0 aromatic carbocycles. The van der Waals surface area contributed by atoms with E-state index in [0.29, 0.717) is 12.4 Å². The van der Waals surface area contributed by atoms with Gasteiger partial charge >= 0.3 is 0 Å². The molecule has 0 amide bonds. The second kappa shape index (κ2) is 4.05. The zero-order valence-corrected chi connectivity index (χ0v) is 9.92. The van der Waals surface area contributed by atoms with Gasteiger partial charge in [0.05, 0.1) is 0 Å². The maximum atomic E-state index is 5.74. The van der Waals surface area contributed by atoms with Gasteiger partial charge in [-0.25, -0.2) is 4.63 Å². The Hall–Kier alpha value is -1.96. The summed E-state index contributed by atoms with van der Waals surface area (Å²) in [5.41, 5.74) is 5.32. The summed E-state index contributed by atoms with van der Waals surface area (Å²) in [5.74, 6) is 0.818. The highest BCUT2D eigenvalue weighted by Crippen LogP contribution is 2.34. The Kier molecular flexibility index (Phi) is 2.51. The van der Waals surface area contributed by atoms with Crippen LogP contribution in [0.5, 0.6) is 0 Å². The topological polar surface area (TPSA) is 113 Å². The van der Waals surface area contributed by atoms with E-state index in [1.165, 1.54) is 0 Å². The number of hydrogen-bond donors (Lipinski definition) is 1. The van der Waals surface area contributed by atoms with Crippen LogP contribution in [0.25, 0.3) is 11.6 Å². The Balaban J connectivity index is 1.92. The van der Waals surface area contributed by atoms with E-state index in [-0.39, 0.29) is 17.4 Å². The van der Waals surface area contributed by atoms with Crippen molar-refractivity contribution in [3.05, 3.63) is 5.82 Å². The van der Waals surface area contributed by atoms with Crippen LogP contribution in [0, 0.1) is 0 Å². The smallest absolute Gasteiger partial charge is 0.284 e. The minimum absolute atomic E-state index is 0.125. The third-order valence-electron chi connectivity index (χ3n) is 3.08. The second-order valence-corrected chi connectivity index (χ2v) is 4.46. The minimum Gasteiger partial charge on any atom is -0.379 e. The number of ether oxygens (including phenoxy) is 1. The van der Waals surface area contributed by atoms with E-state index >= 15 is 0 Å². The van der Waals surface area contributed by atoms with E-state index in [0.717, 1.165) is 19.3 Å². The molecule has 8 heteroatoms. The van der Waals surface area contributed by atoms with Gasteiger partial charge < -0.3 is 15.0 Å². The molecule has 0 spiro atoms. The molecule has 1 saturated heterocycles. The van der Waals surface area contributed by atoms with Crippen molar-refractivity contribution in [2.45, 2.75) is 31.8 Å². The van der Waals surface area contributed by atoms with Crippen LogP contribution in [0.15, 0.2) is 9.15 Å². The van der Waals surface area contributed by atoms with Gasteiger partial charge in [-0.2, -0.15) is 4.98 Å². The molecule has 0 saturated carbocycles. The van der Waals surface area contributed by atoms with Crippen LogP contribution >= 0.6 is 0 Å². The molecule has 8 nitrogen and oxygen atoms in total.